The fraction of sp³-hybridized carbons (Fsp3) is 0.500. The molecule has 0 spiro atoms. The molecular formula is C18H27N3. The normalized spacial score (nSPS) is 13.2. The Kier molecular flexibility index (Phi) is 4.71. The zero-order valence-electron chi connectivity index (χ0n) is 13.9. The Balaban J connectivity index is 2.05. The van der Waals surface area contributed by atoms with Crippen molar-refractivity contribution in [2.75, 3.05) is 5.32 Å². The van der Waals surface area contributed by atoms with Crippen molar-refractivity contribution < 1.29 is 0 Å². The monoisotopic (exact) mass is 285 g/mol. The van der Waals surface area contributed by atoms with Gasteiger partial charge < -0.3 is 5.32 Å². The third-order valence-corrected chi connectivity index (χ3v) is 4.01. The lowest BCUT2D eigenvalue weighted by Crippen LogP contribution is -2.28. The highest BCUT2D eigenvalue weighted by Gasteiger charge is 2.23. The lowest BCUT2D eigenvalue weighted by molar-refractivity contribution is 0.450. The number of aromatic nitrogens is 2. The van der Waals surface area contributed by atoms with Gasteiger partial charge in [0.15, 0.2) is 0 Å². The predicted molar refractivity (Wildman–Crippen MR) is 89.8 cm³/mol. The molecule has 3 heteroatoms. The van der Waals surface area contributed by atoms with E-state index in [1.165, 1.54) is 5.56 Å². The van der Waals surface area contributed by atoms with Crippen molar-refractivity contribution in [1.82, 2.24) is 9.78 Å². The number of benzene rings is 1. The van der Waals surface area contributed by atoms with Crippen molar-refractivity contribution in [2.45, 2.75) is 52.0 Å². The minimum Gasteiger partial charge on any atom is -0.380 e. The first-order valence-electron chi connectivity index (χ1n) is 7.77. The molecule has 0 bridgehead atoms. The lowest BCUT2D eigenvalue weighted by Gasteiger charge is -2.29. The van der Waals surface area contributed by atoms with Crippen LogP contribution < -0.4 is 5.32 Å². The summed E-state index contributed by atoms with van der Waals surface area (Å²) < 4.78 is 1.89. The van der Waals surface area contributed by atoms with E-state index >= 15 is 0 Å². The molecule has 114 valence electrons. The number of rotatable bonds is 6. The average molecular weight is 285 g/mol. The number of nitrogens with one attached hydrogen (secondary N) is 1. The van der Waals surface area contributed by atoms with Gasteiger partial charge in [0.05, 0.1) is 11.4 Å². The molecule has 0 aliphatic rings. The van der Waals surface area contributed by atoms with E-state index in [9.17, 15) is 0 Å². The van der Waals surface area contributed by atoms with Gasteiger partial charge in [-0.05, 0) is 30.7 Å². The van der Waals surface area contributed by atoms with Crippen molar-refractivity contribution in [3.63, 3.8) is 0 Å². The third kappa shape index (κ3) is 3.87. The van der Waals surface area contributed by atoms with Crippen molar-refractivity contribution in [1.29, 1.82) is 0 Å². The maximum absolute atomic E-state index is 4.49. The van der Waals surface area contributed by atoms with Gasteiger partial charge in [0.1, 0.15) is 0 Å². The molecular weight excluding hydrogens is 258 g/mol. The van der Waals surface area contributed by atoms with Gasteiger partial charge in [0.2, 0.25) is 0 Å². The van der Waals surface area contributed by atoms with Crippen LogP contribution in [0.15, 0.2) is 36.5 Å². The summed E-state index contributed by atoms with van der Waals surface area (Å²) >= 11 is 0. The Labute approximate surface area is 128 Å². The maximum Gasteiger partial charge on any atom is 0.0853 e. The minimum atomic E-state index is 0.155. The van der Waals surface area contributed by atoms with E-state index in [0.29, 0.717) is 6.04 Å². The summed E-state index contributed by atoms with van der Waals surface area (Å²) in [5.74, 6) is 0. The fourth-order valence-electron chi connectivity index (χ4n) is 3.01. The summed E-state index contributed by atoms with van der Waals surface area (Å²) in [5.41, 5.74) is 3.85. The Morgan fingerprint density at radius 1 is 1.24 bits per heavy atom. The number of aryl methyl sites for hydroxylation is 2. The van der Waals surface area contributed by atoms with Gasteiger partial charge in [-0.2, -0.15) is 5.10 Å². The van der Waals surface area contributed by atoms with E-state index in [2.05, 4.69) is 74.6 Å². The molecule has 0 saturated heterocycles. The van der Waals surface area contributed by atoms with Gasteiger partial charge >= 0.3 is 0 Å². The fourth-order valence-corrected chi connectivity index (χ4v) is 3.01. The van der Waals surface area contributed by atoms with Crippen molar-refractivity contribution in [3.8, 4) is 0 Å². The molecule has 1 N–H and O–H groups in total. The average Bonchev–Trinajstić information content (AvgIpc) is 2.79. The van der Waals surface area contributed by atoms with Gasteiger partial charge in [-0.25, -0.2) is 0 Å². The second-order valence-electron chi connectivity index (χ2n) is 6.52. The summed E-state index contributed by atoms with van der Waals surface area (Å²) in [7, 11) is 1.98. The molecule has 1 aromatic carbocycles. The first-order chi connectivity index (χ1) is 9.92. The number of hydrogen-bond acceptors (Lipinski definition) is 2. The highest BCUT2D eigenvalue weighted by molar-refractivity contribution is 5.47. The molecule has 1 atom stereocenters. The molecule has 1 heterocycles. The number of anilines is 1. The lowest BCUT2D eigenvalue weighted by atomic mass is 9.79. The molecule has 0 aliphatic carbocycles. The van der Waals surface area contributed by atoms with Crippen LogP contribution in [-0.2, 0) is 18.9 Å². The molecule has 1 aromatic heterocycles. The topological polar surface area (TPSA) is 29.9 Å². The molecule has 2 aromatic rings. The Hall–Kier alpha value is -1.77. The molecule has 2 rings (SSSR count). The van der Waals surface area contributed by atoms with Gasteiger partial charge in [0.25, 0.3) is 0 Å². The van der Waals surface area contributed by atoms with Crippen LogP contribution in [0.3, 0.4) is 0 Å². The van der Waals surface area contributed by atoms with Gasteiger partial charge in [-0.3, -0.25) is 4.68 Å². The van der Waals surface area contributed by atoms with E-state index < -0.39 is 0 Å². The van der Waals surface area contributed by atoms with Crippen LogP contribution >= 0.6 is 0 Å². The van der Waals surface area contributed by atoms with Gasteiger partial charge in [-0.1, -0.05) is 51.1 Å². The molecule has 0 aliphatic heterocycles. The van der Waals surface area contributed by atoms with E-state index in [0.717, 1.165) is 24.2 Å². The highest BCUT2D eigenvalue weighted by Crippen LogP contribution is 2.29. The molecule has 0 amide bonds. The first kappa shape index (κ1) is 15.6. The second-order valence-corrected chi connectivity index (χ2v) is 6.52. The second kappa shape index (κ2) is 6.33. The van der Waals surface area contributed by atoms with Crippen LogP contribution in [-0.4, -0.2) is 15.8 Å². The van der Waals surface area contributed by atoms with E-state index in [1.54, 1.807) is 0 Å². The highest BCUT2D eigenvalue weighted by atomic mass is 15.3. The van der Waals surface area contributed by atoms with Crippen molar-refractivity contribution >= 4 is 5.69 Å². The molecule has 21 heavy (non-hydrogen) atoms. The maximum atomic E-state index is 4.49. The van der Waals surface area contributed by atoms with Crippen molar-refractivity contribution in [2.24, 2.45) is 7.05 Å². The Morgan fingerprint density at radius 2 is 1.90 bits per heavy atom. The van der Waals surface area contributed by atoms with Gasteiger partial charge in [-0.15, -0.1) is 0 Å². The third-order valence-electron chi connectivity index (χ3n) is 4.01. The summed E-state index contributed by atoms with van der Waals surface area (Å²) in [6, 6.07) is 11.1. The predicted octanol–water partition coefficient (Wildman–Crippen LogP) is 4.15. The van der Waals surface area contributed by atoms with E-state index in [4.69, 9.17) is 0 Å². The molecule has 0 fully saturated rings. The van der Waals surface area contributed by atoms with Gasteiger partial charge in [0, 0.05) is 19.3 Å². The first-order valence-corrected chi connectivity index (χ1v) is 7.77. The quantitative estimate of drug-likeness (QED) is 0.864. The van der Waals surface area contributed by atoms with Crippen LogP contribution in [0.5, 0.6) is 0 Å². The number of nitrogens with zero attached hydrogens (tertiary/aromatic N) is 2. The van der Waals surface area contributed by atoms with E-state index in [1.807, 2.05) is 11.7 Å². The van der Waals surface area contributed by atoms with Crippen molar-refractivity contribution in [3.05, 3.63) is 47.8 Å². The van der Waals surface area contributed by atoms with Crippen LogP contribution in [0.1, 0.15) is 45.4 Å². The summed E-state index contributed by atoms with van der Waals surface area (Å²) in [6.07, 6.45) is 4.11. The zero-order valence-corrected chi connectivity index (χ0v) is 13.9. The molecule has 0 saturated carbocycles. The van der Waals surface area contributed by atoms with Crippen LogP contribution in [0.2, 0.25) is 0 Å². The summed E-state index contributed by atoms with van der Waals surface area (Å²) in [6.45, 7) is 9.01. The summed E-state index contributed by atoms with van der Waals surface area (Å²) in [4.78, 5) is 0. The standard InChI is InChI=1S/C18H27N3/c1-6-16-17(13-21(5)20-16)19-14(2)12-18(3,4)15-10-8-7-9-11-15/h7-11,13-14,19H,6,12H2,1-5H3. The Bertz CT molecular complexity index is 569. The zero-order chi connectivity index (χ0) is 15.5. The summed E-state index contributed by atoms with van der Waals surface area (Å²) in [5, 5.41) is 8.12. The largest absolute Gasteiger partial charge is 0.380 e. The molecule has 0 radical (unpaired) electrons. The minimum absolute atomic E-state index is 0.155. The van der Waals surface area contributed by atoms with Crippen LogP contribution in [0.25, 0.3) is 0 Å². The number of hydrogen-bond donors (Lipinski definition) is 1. The van der Waals surface area contributed by atoms with E-state index in [-0.39, 0.29) is 5.41 Å². The van der Waals surface area contributed by atoms with Crippen LogP contribution in [0, 0.1) is 0 Å². The van der Waals surface area contributed by atoms with Crippen LogP contribution in [0.4, 0.5) is 5.69 Å². The smallest absolute Gasteiger partial charge is 0.0853 e. The molecule has 3 nitrogen and oxygen atoms in total. The molecule has 1 unspecified atom stereocenters. The SMILES string of the molecule is CCc1nn(C)cc1NC(C)CC(C)(C)c1ccccc1. The Morgan fingerprint density at radius 3 is 2.52 bits per heavy atom.